The lowest BCUT2D eigenvalue weighted by molar-refractivity contribution is 0.0665. The third-order valence-electron chi connectivity index (χ3n) is 4.83. The monoisotopic (exact) mass is 415 g/mol. The number of hydrogen-bond acceptors (Lipinski definition) is 5. The molecule has 0 radical (unpaired) electrons. The van der Waals surface area contributed by atoms with Crippen LogP contribution in [0.4, 0.5) is 0 Å². The Hall–Kier alpha value is -3.06. The van der Waals surface area contributed by atoms with Crippen LogP contribution in [0.1, 0.15) is 40.1 Å². The second kappa shape index (κ2) is 7.75. The van der Waals surface area contributed by atoms with Gasteiger partial charge in [0.2, 0.25) is 5.76 Å². The Morgan fingerprint density at radius 3 is 2.62 bits per heavy atom. The van der Waals surface area contributed by atoms with E-state index in [0.29, 0.717) is 23.3 Å². The normalized spacial score (nSPS) is 11.0. The number of benzene rings is 1. The van der Waals surface area contributed by atoms with Crippen LogP contribution in [0.3, 0.4) is 0 Å². The van der Waals surface area contributed by atoms with Crippen LogP contribution >= 0.6 is 12.4 Å². The number of pyridine rings is 1. The number of nitrogens with zero attached hydrogens (tertiary/aromatic N) is 3. The smallest absolute Gasteiger partial charge is 0.371 e. The second-order valence-electron chi connectivity index (χ2n) is 6.85. The van der Waals surface area contributed by atoms with E-state index in [1.54, 1.807) is 7.11 Å². The number of halogens is 1. The van der Waals surface area contributed by atoms with Crippen molar-refractivity contribution >= 4 is 40.5 Å². The summed E-state index contributed by atoms with van der Waals surface area (Å²) in [4.78, 5) is 20.7. The summed E-state index contributed by atoms with van der Waals surface area (Å²) in [6.45, 7) is 6.64. The Labute approximate surface area is 173 Å². The van der Waals surface area contributed by atoms with Gasteiger partial charge in [-0.25, -0.2) is 14.8 Å². The highest BCUT2D eigenvalue weighted by molar-refractivity contribution is 5.93. The molecule has 1 aromatic carbocycles. The summed E-state index contributed by atoms with van der Waals surface area (Å²) in [7, 11) is 1.54. The average molecular weight is 416 g/mol. The second-order valence-corrected chi connectivity index (χ2v) is 6.85. The number of carboxylic acid groups (broad SMARTS) is 1. The molecule has 4 aromatic rings. The van der Waals surface area contributed by atoms with Gasteiger partial charge in [-0.3, -0.25) is 0 Å². The maximum atomic E-state index is 11.2. The summed E-state index contributed by atoms with van der Waals surface area (Å²) in [5, 5.41) is 9.90. The number of carbonyl (C=O) groups is 1. The SMILES string of the molecule is CCc1nc2c(C)cc(C)nc2n1Cc1cc(OC)c2oc(C(=O)O)cc2c1.Cl. The summed E-state index contributed by atoms with van der Waals surface area (Å²) in [6, 6.07) is 7.34. The predicted octanol–water partition coefficient (Wildman–Crippen LogP) is 4.53. The first-order chi connectivity index (χ1) is 13.4. The first-order valence-electron chi connectivity index (χ1n) is 9.08. The van der Waals surface area contributed by atoms with Gasteiger partial charge >= 0.3 is 5.97 Å². The molecule has 0 aliphatic carbocycles. The Bertz CT molecular complexity index is 1230. The highest BCUT2D eigenvalue weighted by Crippen LogP contribution is 2.31. The molecule has 0 fully saturated rings. The molecule has 0 bridgehead atoms. The van der Waals surface area contributed by atoms with Gasteiger partial charge in [-0.15, -0.1) is 12.4 Å². The molecule has 0 saturated carbocycles. The van der Waals surface area contributed by atoms with E-state index in [-0.39, 0.29) is 18.2 Å². The third-order valence-corrected chi connectivity index (χ3v) is 4.83. The number of methoxy groups -OCH3 is 1. The predicted molar refractivity (Wildman–Crippen MR) is 112 cm³/mol. The van der Waals surface area contributed by atoms with Crippen molar-refractivity contribution in [3.8, 4) is 5.75 Å². The van der Waals surface area contributed by atoms with Crippen molar-refractivity contribution in [1.29, 1.82) is 0 Å². The molecule has 0 unspecified atom stereocenters. The van der Waals surface area contributed by atoms with Crippen LogP contribution in [0.2, 0.25) is 0 Å². The number of aromatic carboxylic acids is 1. The van der Waals surface area contributed by atoms with E-state index >= 15 is 0 Å². The van der Waals surface area contributed by atoms with Gasteiger partial charge < -0.3 is 18.8 Å². The van der Waals surface area contributed by atoms with E-state index < -0.39 is 5.97 Å². The molecule has 29 heavy (non-hydrogen) atoms. The average Bonchev–Trinajstić information content (AvgIpc) is 3.23. The van der Waals surface area contributed by atoms with Gasteiger partial charge in [-0.1, -0.05) is 6.92 Å². The van der Waals surface area contributed by atoms with Crippen LogP contribution in [-0.4, -0.2) is 32.7 Å². The standard InChI is InChI=1S/C21H21N3O4.ClH/c1-5-17-23-18-11(2)6-12(3)22-20(18)24(17)10-13-7-14-9-16(21(25)26)28-19(14)15(8-13)27-4;/h6-9H,5,10H2,1-4H3,(H,25,26);1H. The maximum Gasteiger partial charge on any atom is 0.371 e. The van der Waals surface area contributed by atoms with Crippen molar-refractivity contribution in [3.05, 3.63) is 52.7 Å². The fourth-order valence-electron chi connectivity index (χ4n) is 3.60. The van der Waals surface area contributed by atoms with Crippen LogP contribution in [0.15, 0.2) is 28.7 Å². The Kier molecular flexibility index (Phi) is 5.53. The van der Waals surface area contributed by atoms with Crippen molar-refractivity contribution < 1.29 is 19.1 Å². The zero-order valence-electron chi connectivity index (χ0n) is 16.6. The summed E-state index contributed by atoms with van der Waals surface area (Å²) in [5.74, 6) is 0.237. The van der Waals surface area contributed by atoms with Gasteiger partial charge in [0.1, 0.15) is 11.3 Å². The van der Waals surface area contributed by atoms with E-state index in [1.165, 1.54) is 6.07 Å². The minimum absolute atomic E-state index is 0. The Morgan fingerprint density at radius 2 is 1.97 bits per heavy atom. The van der Waals surface area contributed by atoms with Gasteiger partial charge in [0, 0.05) is 17.5 Å². The lowest BCUT2D eigenvalue weighted by Gasteiger charge is -2.10. The van der Waals surface area contributed by atoms with Crippen LogP contribution in [-0.2, 0) is 13.0 Å². The highest BCUT2D eigenvalue weighted by Gasteiger charge is 2.18. The van der Waals surface area contributed by atoms with Gasteiger partial charge in [-0.2, -0.15) is 0 Å². The number of aryl methyl sites for hydroxylation is 3. The number of furan rings is 1. The molecule has 152 valence electrons. The number of rotatable bonds is 5. The van der Waals surface area contributed by atoms with Gasteiger partial charge in [0.15, 0.2) is 17.0 Å². The maximum absolute atomic E-state index is 11.2. The Morgan fingerprint density at radius 1 is 1.21 bits per heavy atom. The molecule has 7 nitrogen and oxygen atoms in total. The number of carboxylic acids is 1. The molecule has 4 rings (SSSR count). The molecular formula is C21H22ClN3O4. The van der Waals surface area contributed by atoms with Crippen LogP contribution in [0.5, 0.6) is 5.75 Å². The third kappa shape index (κ3) is 3.53. The Balaban J connectivity index is 0.00000240. The first-order valence-corrected chi connectivity index (χ1v) is 9.08. The molecule has 0 saturated heterocycles. The molecule has 0 aliphatic rings. The lowest BCUT2D eigenvalue weighted by atomic mass is 10.1. The van der Waals surface area contributed by atoms with Crippen molar-refractivity contribution in [3.63, 3.8) is 0 Å². The molecular weight excluding hydrogens is 394 g/mol. The van der Waals surface area contributed by atoms with E-state index in [0.717, 1.165) is 40.2 Å². The molecule has 0 atom stereocenters. The fourth-order valence-corrected chi connectivity index (χ4v) is 3.60. The highest BCUT2D eigenvalue weighted by atomic mass is 35.5. The number of ether oxygens (including phenoxy) is 1. The molecule has 0 aliphatic heterocycles. The first kappa shape index (κ1) is 20.7. The molecule has 1 N–H and O–H groups in total. The summed E-state index contributed by atoms with van der Waals surface area (Å²) in [5.41, 5.74) is 5.20. The molecule has 0 spiro atoms. The number of fused-ring (bicyclic) bond motifs is 2. The minimum Gasteiger partial charge on any atom is -0.493 e. The van der Waals surface area contributed by atoms with E-state index in [4.69, 9.17) is 19.1 Å². The molecule has 3 aromatic heterocycles. The van der Waals surface area contributed by atoms with Crippen molar-refractivity contribution in [2.75, 3.05) is 7.11 Å². The minimum atomic E-state index is -1.11. The van der Waals surface area contributed by atoms with E-state index in [1.807, 2.05) is 32.0 Å². The summed E-state index contributed by atoms with van der Waals surface area (Å²) < 4.78 is 13.0. The van der Waals surface area contributed by atoms with Crippen LogP contribution in [0, 0.1) is 13.8 Å². The van der Waals surface area contributed by atoms with Crippen LogP contribution < -0.4 is 4.74 Å². The zero-order chi connectivity index (χ0) is 20.0. The quantitative estimate of drug-likeness (QED) is 0.514. The van der Waals surface area contributed by atoms with Crippen molar-refractivity contribution in [2.45, 2.75) is 33.7 Å². The van der Waals surface area contributed by atoms with Crippen LogP contribution in [0.25, 0.3) is 22.1 Å². The fraction of sp³-hybridized carbons (Fsp3) is 0.286. The number of aromatic nitrogens is 3. The molecule has 0 amide bonds. The molecule has 8 heteroatoms. The summed E-state index contributed by atoms with van der Waals surface area (Å²) >= 11 is 0. The lowest BCUT2D eigenvalue weighted by Crippen LogP contribution is -2.06. The van der Waals surface area contributed by atoms with Gasteiger partial charge in [0.05, 0.1) is 13.7 Å². The van der Waals surface area contributed by atoms with E-state index in [9.17, 15) is 9.90 Å². The van der Waals surface area contributed by atoms with Crippen molar-refractivity contribution in [2.24, 2.45) is 0 Å². The molecule has 3 heterocycles. The largest absolute Gasteiger partial charge is 0.493 e. The van der Waals surface area contributed by atoms with Crippen molar-refractivity contribution in [1.82, 2.24) is 14.5 Å². The zero-order valence-corrected chi connectivity index (χ0v) is 17.5. The number of imidazole rings is 1. The topological polar surface area (TPSA) is 90.4 Å². The summed E-state index contributed by atoms with van der Waals surface area (Å²) in [6.07, 6.45) is 0.781. The van der Waals surface area contributed by atoms with E-state index in [2.05, 4.69) is 11.5 Å². The number of hydrogen-bond donors (Lipinski definition) is 1. The van der Waals surface area contributed by atoms with Gasteiger partial charge in [0.25, 0.3) is 0 Å². The van der Waals surface area contributed by atoms with Gasteiger partial charge in [-0.05, 0) is 49.2 Å².